The minimum Gasteiger partial charge on any atom is -0.496 e. The smallest absolute Gasteiger partial charge is 0.247 e. The fourth-order valence-electron chi connectivity index (χ4n) is 3.41. The number of rotatable bonds is 8. The van der Waals surface area contributed by atoms with Crippen molar-refractivity contribution < 1.29 is 18.7 Å². The van der Waals surface area contributed by atoms with Gasteiger partial charge >= 0.3 is 0 Å². The van der Waals surface area contributed by atoms with Gasteiger partial charge in [-0.25, -0.2) is 4.39 Å². The average Bonchev–Trinajstić information content (AvgIpc) is 2.79. The SMILES string of the molecule is COc1ccccc1CNC(=O)C(c1ccccc1)N(Cc1ccc(F)cc1)C(C)=O. The number of para-hydroxylation sites is 1. The molecule has 5 nitrogen and oxygen atoms in total. The molecule has 0 spiro atoms. The van der Waals surface area contributed by atoms with Crippen LogP contribution in [0, 0.1) is 5.82 Å². The lowest BCUT2D eigenvalue weighted by Crippen LogP contribution is -2.42. The van der Waals surface area contributed by atoms with Gasteiger partial charge in [0.25, 0.3) is 0 Å². The van der Waals surface area contributed by atoms with E-state index in [1.54, 1.807) is 19.2 Å². The minimum atomic E-state index is -0.835. The number of hydrogen-bond donors (Lipinski definition) is 1. The molecule has 3 rings (SSSR count). The summed E-state index contributed by atoms with van der Waals surface area (Å²) in [6.07, 6.45) is 0. The summed E-state index contributed by atoms with van der Waals surface area (Å²) in [5, 5.41) is 2.93. The van der Waals surface area contributed by atoms with Gasteiger partial charge in [-0.15, -0.1) is 0 Å². The second-order valence-corrected chi connectivity index (χ2v) is 7.12. The number of carbonyl (C=O) groups excluding carboxylic acids is 2. The Hall–Kier alpha value is -3.67. The Balaban J connectivity index is 1.88. The molecule has 0 fully saturated rings. The van der Waals surface area contributed by atoms with E-state index in [0.717, 1.165) is 11.1 Å². The van der Waals surface area contributed by atoms with Crippen LogP contribution >= 0.6 is 0 Å². The highest BCUT2D eigenvalue weighted by molar-refractivity contribution is 5.88. The first-order valence-electron chi connectivity index (χ1n) is 9.96. The highest BCUT2D eigenvalue weighted by Crippen LogP contribution is 2.25. The van der Waals surface area contributed by atoms with E-state index < -0.39 is 6.04 Å². The highest BCUT2D eigenvalue weighted by atomic mass is 19.1. The van der Waals surface area contributed by atoms with Crippen molar-refractivity contribution in [3.8, 4) is 5.75 Å². The largest absolute Gasteiger partial charge is 0.496 e. The van der Waals surface area contributed by atoms with E-state index in [1.807, 2.05) is 54.6 Å². The first-order chi connectivity index (χ1) is 15.0. The van der Waals surface area contributed by atoms with E-state index in [0.29, 0.717) is 11.3 Å². The van der Waals surface area contributed by atoms with Crippen molar-refractivity contribution in [3.05, 3.63) is 101 Å². The number of halogens is 1. The molecule has 0 heterocycles. The maximum absolute atomic E-state index is 13.3. The van der Waals surface area contributed by atoms with E-state index in [2.05, 4.69) is 5.32 Å². The maximum Gasteiger partial charge on any atom is 0.247 e. The van der Waals surface area contributed by atoms with Crippen LogP contribution in [0.25, 0.3) is 0 Å². The molecule has 1 unspecified atom stereocenters. The Bertz CT molecular complexity index is 1020. The van der Waals surface area contributed by atoms with Crippen molar-refractivity contribution >= 4 is 11.8 Å². The fourth-order valence-corrected chi connectivity index (χ4v) is 3.41. The van der Waals surface area contributed by atoms with E-state index in [9.17, 15) is 14.0 Å². The molecule has 0 aliphatic rings. The number of nitrogens with zero attached hydrogens (tertiary/aromatic N) is 1. The predicted molar refractivity (Wildman–Crippen MR) is 117 cm³/mol. The predicted octanol–water partition coefficient (Wildman–Crippen LogP) is 4.24. The second kappa shape index (κ2) is 10.4. The molecule has 0 aliphatic heterocycles. The monoisotopic (exact) mass is 420 g/mol. The zero-order valence-corrected chi connectivity index (χ0v) is 17.5. The van der Waals surface area contributed by atoms with Gasteiger partial charge in [0.05, 0.1) is 7.11 Å². The molecule has 0 saturated heterocycles. The average molecular weight is 420 g/mol. The summed E-state index contributed by atoms with van der Waals surface area (Å²) in [5.41, 5.74) is 2.26. The van der Waals surface area contributed by atoms with Gasteiger partial charge in [0.2, 0.25) is 11.8 Å². The molecule has 0 bridgehead atoms. The van der Waals surface area contributed by atoms with Crippen molar-refractivity contribution in [1.29, 1.82) is 0 Å². The molecular weight excluding hydrogens is 395 g/mol. The van der Waals surface area contributed by atoms with Gasteiger partial charge in [-0.2, -0.15) is 0 Å². The summed E-state index contributed by atoms with van der Waals surface area (Å²) in [5.74, 6) is -0.249. The molecule has 2 amide bonds. The topological polar surface area (TPSA) is 58.6 Å². The van der Waals surface area contributed by atoms with Crippen LogP contribution in [0.2, 0.25) is 0 Å². The maximum atomic E-state index is 13.3. The zero-order chi connectivity index (χ0) is 22.2. The van der Waals surface area contributed by atoms with Gasteiger partial charge in [-0.05, 0) is 29.3 Å². The van der Waals surface area contributed by atoms with Crippen molar-refractivity contribution in [3.63, 3.8) is 0 Å². The summed E-state index contributed by atoms with van der Waals surface area (Å²) < 4.78 is 18.7. The molecule has 0 radical (unpaired) electrons. The molecule has 160 valence electrons. The van der Waals surface area contributed by atoms with Crippen molar-refractivity contribution in [2.24, 2.45) is 0 Å². The van der Waals surface area contributed by atoms with Crippen LogP contribution in [-0.2, 0) is 22.7 Å². The number of nitrogens with one attached hydrogen (secondary N) is 1. The molecular formula is C25H25FN2O3. The van der Waals surface area contributed by atoms with Gasteiger partial charge in [0.15, 0.2) is 0 Å². The molecule has 31 heavy (non-hydrogen) atoms. The second-order valence-electron chi connectivity index (χ2n) is 7.12. The molecule has 0 aliphatic carbocycles. The van der Waals surface area contributed by atoms with E-state index in [1.165, 1.54) is 24.0 Å². The quantitative estimate of drug-likeness (QED) is 0.593. The third kappa shape index (κ3) is 5.69. The molecule has 1 N–H and O–H groups in total. The van der Waals surface area contributed by atoms with Crippen molar-refractivity contribution in [1.82, 2.24) is 10.2 Å². The minimum absolute atomic E-state index is 0.178. The molecule has 3 aromatic carbocycles. The van der Waals surface area contributed by atoms with E-state index in [4.69, 9.17) is 4.74 Å². The summed E-state index contributed by atoms with van der Waals surface area (Å²) in [6, 6.07) is 21.6. The third-order valence-electron chi connectivity index (χ3n) is 4.99. The van der Waals surface area contributed by atoms with Gasteiger partial charge in [0.1, 0.15) is 17.6 Å². The summed E-state index contributed by atoms with van der Waals surface area (Å²) in [6.45, 7) is 1.86. The first-order valence-corrected chi connectivity index (χ1v) is 9.96. The Morgan fingerprint density at radius 1 is 0.968 bits per heavy atom. The van der Waals surface area contributed by atoms with Gasteiger partial charge in [0, 0.05) is 25.6 Å². The Morgan fingerprint density at radius 3 is 2.26 bits per heavy atom. The van der Waals surface area contributed by atoms with Crippen LogP contribution in [0.5, 0.6) is 5.75 Å². The van der Waals surface area contributed by atoms with Gasteiger partial charge < -0.3 is 15.0 Å². The lowest BCUT2D eigenvalue weighted by atomic mass is 10.0. The Labute approximate surface area is 181 Å². The number of carbonyl (C=O) groups is 2. The summed E-state index contributed by atoms with van der Waals surface area (Å²) in [7, 11) is 1.58. The zero-order valence-electron chi connectivity index (χ0n) is 17.5. The number of ether oxygens (including phenoxy) is 1. The van der Waals surface area contributed by atoms with Crippen LogP contribution in [0.4, 0.5) is 4.39 Å². The number of methoxy groups -OCH3 is 1. The number of benzene rings is 3. The van der Waals surface area contributed by atoms with Crippen LogP contribution in [0.15, 0.2) is 78.9 Å². The molecule has 0 aromatic heterocycles. The van der Waals surface area contributed by atoms with Crippen LogP contribution in [0.1, 0.15) is 29.7 Å². The summed E-state index contributed by atoms with van der Waals surface area (Å²) >= 11 is 0. The Morgan fingerprint density at radius 2 is 1.61 bits per heavy atom. The molecule has 6 heteroatoms. The summed E-state index contributed by atoms with van der Waals surface area (Å²) in [4.78, 5) is 27.3. The van der Waals surface area contributed by atoms with Gasteiger partial charge in [-0.1, -0.05) is 60.7 Å². The van der Waals surface area contributed by atoms with E-state index >= 15 is 0 Å². The highest BCUT2D eigenvalue weighted by Gasteiger charge is 2.29. The lowest BCUT2D eigenvalue weighted by molar-refractivity contribution is -0.140. The van der Waals surface area contributed by atoms with Crippen molar-refractivity contribution in [2.45, 2.75) is 26.1 Å². The molecule has 0 saturated carbocycles. The lowest BCUT2D eigenvalue weighted by Gasteiger charge is -2.30. The van der Waals surface area contributed by atoms with Crippen LogP contribution in [-0.4, -0.2) is 23.8 Å². The van der Waals surface area contributed by atoms with Crippen LogP contribution in [0.3, 0.4) is 0 Å². The normalized spacial score (nSPS) is 11.5. The first kappa shape index (κ1) is 22.0. The van der Waals surface area contributed by atoms with Crippen LogP contribution < -0.4 is 10.1 Å². The molecule has 1 atom stereocenters. The number of amides is 2. The van der Waals surface area contributed by atoms with Gasteiger partial charge in [-0.3, -0.25) is 9.59 Å². The van der Waals surface area contributed by atoms with E-state index in [-0.39, 0.29) is 30.7 Å². The Kier molecular flexibility index (Phi) is 7.38. The fraction of sp³-hybridized carbons (Fsp3) is 0.200. The third-order valence-corrected chi connectivity index (χ3v) is 4.99. The van der Waals surface area contributed by atoms with Crippen molar-refractivity contribution in [2.75, 3.05) is 7.11 Å². The number of hydrogen-bond acceptors (Lipinski definition) is 3. The molecule has 3 aromatic rings. The standard InChI is InChI=1S/C25H25FN2O3/c1-18(29)28(17-19-12-14-22(26)15-13-19)24(20-8-4-3-5-9-20)25(30)27-16-21-10-6-7-11-23(21)31-2/h3-15,24H,16-17H2,1-2H3,(H,27,30).